The van der Waals surface area contributed by atoms with E-state index in [2.05, 4.69) is 317 Å². The maximum Gasteiger partial charge on any atom is 0.0546 e. The van der Waals surface area contributed by atoms with Gasteiger partial charge in [-0.25, -0.2) is 0 Å². The summed E-state index contributed by atoms with van der Waals surface area (Å²) in [6.07, 6.45) is 0. The van der Waals surface area contributed by atoms with Gasteiger partial charge >= 0.3 is 0 Å². The number of benzene rings is 12. The van der Waals surface area contributed by atoms with Crippen molar-refractivity contribution in [3.63, 3.8) is 0 Å². The van der Waals surface area contributed by atoms with Crippen molar-refractivity contribution in [1.29, 1.82) is 0 Å². The van der Waals surface area contributed by atoms with Gasteiger partial charge in [0.25, 0.3) is 0 Å². The highest BCUT2D eigenvalue weighted by atomic mass is 15.1. The second kappa shape index (κ2) is 19.6. The molecule has 0 spiro atoms. The van der Waals surface area contributed by atoms with Crippen LogP contribution >= 0.6 is 0 Å². The molecule has 2 heteroatoms. The van der Waals surface area contributed by atoms with Crippen LogP contribution in [0.4, 0.5) is 34.1 Å². The number of hydrogen-bond acceptors (Lipinski definition) is 2. The van der Waals surface area contributed by atoms with Gasteiger partial charge in [-0.2, -0.15) is 0 Å². The predicted octanol–water partition coefficient (Wildman–Crippen LogP) is 21.0. The molecule has 1 aliphatic rings. The van der Waals surface area contributed by atoms with E-state index in [1.807, 2.05) is 0 Å². The number of nitrogens with zero attached hydrogens (tertiary/aromatic N) is 2. The van der Waals surface area contributed by atoms with Crippen LogP contribution < -0.4 is 9.80 Å². The Hall–Kier alpha value is -9.50. The zero-order valence-corrected chi connectivity index (χ0v) is 44.0. The lowest BCUT2D eigenvalue weighted by Gasteiger charge is -2.31. The quantitative estimate of drug-likeness (QED) is 0.127. The Morgan fingerprint density at radius 2 is 0.727 bits per heavy atom. The molecule has 0 radical (unpaired) electrons. The van der Waals surface area contributed by atoms with E-state index in [0.29, 0.717) is 0 Å². The van der Waals surface area contributed by atoms with Gasteiger partial charge in [-0.05, 0) is 187 Å². The fourth-order valence-electron chi connectivity index (χ4n) is 12.1. The van der Waals surface area contributed by atoms with Crippen LogP contribution in [-0.4, -0.2) is 0 Å². The lowest BCUT2D eigenvalue weighted by molar-refractivity contribution is 0.660. The maximum absolute atomic E-state index is 2.50. The SMILES string of the molecule is Cc1ccccc1-c1c(N(c2ccc(-c3cc(-c4ccccc4)c(-c4ccc(N(c5ccccc5)c5ccccc5)cc4)cc3-c3ccccc3)cc2)c2ccc3c(c2)C(C)(C)c2cccc(C)c2-3)ccc2ccccc12. The van der Waals surface area contributed by atoms with Gasteiger partial charge in [-0.1, -0.05) is 214 Å². The molecule has 0 amide bonds. The van der Waals surface area contributed by atoms with E-state index in [1.54, 1.807) is 0 Å². The number of rotatable bonds is 11. The summed E-state index contributed by atoms with van der Waals surface area (Å²) in [5.74, 6) is 0. The van der Waals surface area contributed by atoms with Crippen molar-refractivity contribution in [2.24, 2.45) is 0 Å². The van der Waals surface area contributed by atoms with Crippen molar-refractivity contribution >= 4 is 44.9 Å². The van der Waals surface area contributed by atoms with E-state index in [0.717, 1.165) is 45.3 Å². The molecular weight excluding hydrogens is 929 g/mol. The molecule has 2 nitrogen and oxygen atoms in total. The molecule has 0 bridgehead atoms. The molecule has 1 aliphatic carbocycles. The highest BCUT2D eigenvalue weighted by molar-refractivity contribution is 6.06. The molecule has 368 valence electrons. The molecule has 0 N–H and O–H groups in total. The fourth-order valence-corrected chi connectivity index (χ4v) is 12.1. The van der Waals surface area contributed by atoms with Gasteiger partial charge < -0.3 is 9.80 Å². The van der Waals surface area contributed by atoms with Gasteiger partial charge in [0.1, 0.15) is 0 Å². The molecule has 0 aromatic heterocycles. The van der Waals surface area contributed by atoms with Crippen LogP contribution in [0, 0.1) is 13.8 Å². The lowest BCUT2D eigenvalue weighted by Crippen LogP contribution is -2.17. The Kier molecular flexibility index (Phi) is 12.1. The van der Waals surface area contributed by atoms with Crippen LogP contribution in [0.1, 0.15) is 36.1 Å². The second-order valence-corrected chi connectivity index (χ2v) is 21.0. The van der Waals surface area contributed by atoms with Crippen LogP contribution in [0.3, 0.4) is 0 Å². The molecule has 0 heterocycles. The summed E-state index contributed by atoms with van der Waals surface area (Å²) in [5.41, 5.74) is 26.3. The highest BCUT2D eigenvalue weighted by Gasteiger charge is 2.37. The number of fused-ring (bicyclic) bond motifs is 4. The standard InChI is InChI=1S/C75H58N2/c1-51-22-17-19-33-63(51)74-64-34-20-18-28-55(64)40-47-72(74)77(62-45-46-65-71(48-62)75(3,4)70-35-21-23-52(2)73(65)70)61-43-38-57(39-44-61)69-50-66(53-24-9-5-10-25-53)68(49-67(69)54-26-11-6-12-27-54)56-36-41-60(42-37-56)76(58-29-13-7-14-30-58)59-31-15-8-16-32-59/h5-50H,1-4H3. The van der Waals surface area contributed by atoms with Crippen molar-refractivity contribution in [3.8, 4) is 66.8 Å². The van der Waals surface area contributed by atoms with Crippen LogP contribution in [-0.2, 0) is 5.41 Å². The second-order valence-electron chi connectivity index (χ2n) is 21.0. The summed E-state index contributed by atoms with van der Waals surface area (Å²) >= 11 is 0. The van der Waals surface area contributed by atoms with Gasteiger partial charge in [0.15, 0.2) is 0 Å². The monoisotopic (exact) mass is 986 g/mol. The summed E-state index contributed by atoms with van der Waals surface area (Å²) in [7, 11) is 0. The molecule has 0 aliphatic heterocycles. The highest BCUT2D eigenvalue weighted by Crippen LogP contribution is 2.53. The van der Waals surface area contributed by atoms with Crippen molar-refractivity contribution < 1.29 is 0 Å². The van der Waals surface area contributed by atoms with Crippen molar-refractivity contribution in [2.45, 2.75) is 33.1 Å². The molecule has 12 aromatic carbocycles. The van der Waals surface area contributed by atoms with Crippen LogP contribution in [0.5, 0.6) is 0 Å². The Bertz CT molecular complexity index is 4070. The summed E-state index contributed by atoms with van der Waals surface area (Å²) < 4.78 is 0. The molecule has 12 aromatic rings. The third-order valence-electron chi connectivity index (χ3n) is 15.9. The van der Waals surface area contributed by atoms with E-state index in [4.69, 9.17) is 0 Å². The number of anilines is 6. The summed E-state index contributed by atoms with van der Waals surface area (Å²) in [6, 6.07) is 102. The normalized spacial score (nSPS) is 12.3. The zero-order valence-electron chi connectivity index (χ0n) is 44.0. The van der Waals surface area contributed by atoms with Gasteiger partial charge in [0.2, 0.25) is 0 Å². The van der Waals surface area contributed by atoms with Crippen LogP contribution in [0.25, 0.3) is 77.5 Å². The first-order valence-corrected chi connectivity index (χ1v) is 26.8. The fraction of sp³-hybridized carbons (Fsp3) is 0.0667. The molecule has 0 saturated heterocycles. The Morgan fingerprint density at radius 3 is 1.30 bits per heavy atom. The largest absolute Gasteiger partial charge is 0.311 e. The Labute approximate surface area is 453 Å². The minimum Gasteiger partial charge on any atom is -0.311 e. The topological polar surface area (TPSA) is 6.48 Å². The minimum atomic E-state index is -0.173. The van der Waals surface area contributed by atoms with Crippen molar-refractivity contribution in [2.75, 3.05) is 9.80 Å². The van der Waals surface area contributed by atoms with E-state index >= 15 is 0 Å². The average Bonchev–Trinajstić information content (AvgIpc) is 3.94. The third-order valence-corrected chi connectivity index (χ3v) is 15.9. The molecule has 0 unspecified atom stereocenters. The van der Waals surface area contributed by atoms with Crippen LogP contribution in [0.2, 0.25) is 0 Å². The average molecular weight is 987 g/mol. The van der Waals surface area contributed by atoms with Gasteiger partial charge in [-0.3, -0.25) is 0 Å². The van der Waals surface area contributed by atoms with Crippen molar-refractivity contribution in [1.82, 2.24) is 0 Å². The summed E-state index contributed by atoms with van der Waals surface area (Å²) in [5, 5.41) is 2.44. The van der Waals surface area contributed by atoms with E-state index < -0.39 is 0 Å². The van der Waals surface area contributed by atoms with Gasteiger partial charge in [0, 0.05) is 39.4 Å². The minimum absolute atomic E-state index is 0.173. The molecule has 0 saturated carbocycles. The first-order chi connectivity index (χ1) is 37.8. The zero-order chi connectivity index (χ0) is 52.0. The van der Waals surface area contributed by atoms with Gasteiger partial charge in [-0.15, -0.1) is 0 Å². The van der Waals surface area contributed by atoms with E-state index in [-0.39, 0.29) is 5.41 Å². The van der Waals surface area contributed by atoms with E-state index in [9.17, 15) is 0 Å². The first kappa shape index (κ1) is 47.2. The first-order valence-electron chi connectivity index (χ1n) is 26.8. The predicted molar refractivity (Wildman–Crippen MR) is 328 cm³/mol. The summed E-state index contributed by atoms with van der Waals surface area (Å²) in [6.45, 7) is 9.25. The number of para-hydroxylation sites is 2. The molecule has 77 heavy (non-hydrogen) atoms. The third kappa shape index (κ3) is 8.49. The van der Waals surface area contributed by atoms with Gasteiger partial charge in [0.05, 0.1) is 5.69 Å². The molecule has 13 rings (SSSR count). The molecule has 0 fully saturated rings. The smallest absolute Gasteiger partial charge is 0.0546 e. The lowest BCUT2D eigenvalue weighted by atomic mass is 9.82. The Balaban J connectivity index is 0.983. The number of hydrogen-bond donors (Lipinski definition) is 0. The van der Waals surface area contributed by atoms with Crippen molar-refractivity contribution in [3.05, 3.63) is 301 Å². The molecular formula is C75H58N2. The number of aryl methyl sites for hydroxylation is 2. The summed E-state index contributed by atoms with van der Waals surface area (Å²) in [4.78, 5) is 4.82. The molecule has 0 atom stereocenters. The maximum atomic E-state index is 2.50. The van der Waals surface area contributed by atoms with Crippen LogP contribution in [0.15, 0.2) is 279 Å². The van der Waals surface area contributed by atoms with E-state index in [1.165, 1.54) is 88.7 Å². The Morgan fingerprint density at radius 1 is 0.273 bits per heavy atom.